The molecule has 0 radical (unpaired) electrons. The molecule has 1 fully saturated rings. The summed E-state index contributed by atoms with van der Waals surface area (Å²) in [5.41, 5.74) is 1.64. The zero-order chi connectivity index (χ0) is 20.2. The van der Waals surface area contributed by atoms with Crippen molar-refractivity contribution in [2.45, 2.75) is 38.5 Å². The van der Waals surface area contributed by atoms with Crippen LogP contribution in [0.1, 0.15) is 37.2 Å². The number of aromatic nitrogens is 3. The molecule has 8 heteroatoms. The molecule has 8 nitrogen and oxygen atoms in total. The first-order valence-corrected chi connectivity index (χ1v) is 9.71. The van der Waals surface area contributed by atoms with Crippen molar-refractivity contribution >= 4 is 17.6 Å². The third kappa shape index (κ3) is 4.06. The van der Waals surface area contributed by atoms with Gasteiger partial charge in [0.2, 0.25) is 5.91 Å². The molecule has 1 aliphatic heterocycles. The van der Waals surface area contributed by atoms with Gasteiger partial charge < -0.3 is 15.0 Å². The van der Waals surface area contributed by atoms with Crippen LogP contribution in [0.5, 0.6) is 0 Å². The maximum Gasteiger partial charge on any atom is 0.408 e. The molecular weight excluding hydrogens is 370 g/mol. The topological polar surface area (TPSA) is 88.8 Å². The van der Waals surface area contributed by atoms with Crippen LogP contribution in [0.25, 0.3) is 5.65 Å². The Hall–Kier alpha value is -3.42. The molecule has 2 amide bonds. The molecule has 2 atom stereocenters. The number of rotatable bonds is 5. The summed E-state index contributed by atoms with van der Waals surface area (Å²) in [7, 11) is 0. The van der Waals surface area contributed by atoms with Crippen LogP contribution < -0.4 is 5.32 Å². The summed E-state index contributed by atoms with van der Waals surface area (Å²) in [5.74, 6) is 0.585. The highest BCUT2D eigenvalue weighted by molar-refractivity contribution is 5.85. The molecule has 0 spiro atoms. The SMILES string of the molecule is C[C@H](NC(=O)OCc1ccccc1)C(=O)N1CCC[C@@H]1c1nnc2ccccn12. The number of benzene rings is 1. The van der Waals surface area contributed by atoms with E-state index in [0.717, 1.165) is 29.9 Å². The molecule has 1 saturated heterocycles. The maximum atomic E-state index is 13.0. The lowest BCUT2D eigenvalue weighted by molar-refractivity contribution is -0.134. The summed E-state index contributed by atoms with van der Waals surface area (Å²) >= 11 is 0. The van der Waals surface area contributed by atoms with Gasteiger partial charge in [-0.25, -0.2) is 4.79 Å². The summed E-state index contributed by atoms with van der Waals surface area (Å²) < 4.78 is 7.13. The lowest BCUT2D eigenvalue weighted by Gasteiger charge is -2.26. The van der Waals surface area contributed by atoms with Gasteiger partial charge in [-0.15, -0.1) is 10.2 Å². The van der Waals surface area contributed by atoms with Crippen molar-refractivity contribution in [3.63, 3.8) is 0 Å². The molecule has 3 heterocycles. The van der Waals surface area contributed by atoms with Gasteiger partial charge in [-0.3, -0.25) is 9.20 Å². The van der Waals surface area contributed by atoms with Crippen LogP contribution >= 0.6 is 0 Å². The van der Waals surface area contributed by atoms with E-state index in [1.54, 1.807) is 11.8 Å². The van der Waals surface area contributed by atoms with Gasteiger partial charge in [0.25, 0.3) is 0 Å². The van der Waals surface area contributed by atoms with E-state index < -0.39 is 12.1 Å². The molecule has 0 unspecified atom stereocenters. The minimum atomic E-state index is -0.696. The van der Waals surface area contributed by atoms with E-state index in [2.05, 4.69) is 15.5 Å². The number of amides is 2. The van der Waals surface area contributed by atoms with Crippen molar-refractivity contribution < 1.29 is 14.3 Å². The van der Waals surface area contributed by atoms with E-state index in [4.69, 9.17) is 4.74 Å². The lowest BCUT2D eigenvalue weighted by atomic mass is 10.2. The molecule has 0 aliphatic carbocycles. The van der Waals surface area contributed by atoms with Gasteiger partial charge in [0.1, 0.15) is 12.6 Å². The third-order valence-electron chi connectivity index (χ3n) is 5.09. The molecule has 150 valence electrons. The van der Waals surface area contributed by atoms with Gasteiger partial charge in [-0.2, -0.15) is 0 Å². The van der Waals surface area contributed by atoms with Crippen LogP contribution in [0, 0.1) is 0 Å². The summed E-state index contributed by atoms with van der Waals surface area (Å²) in [6.45, 7) is 2.45. The second kappa shape index (κ2) is 8.30. The monoisotopic (exact) mass is 393 g/mol. The normalized spacial score (nSPS) is 17.3. The summed E-state index contributed by atoms with van der Waals surface area (Å²) in [6.07, 6.45) is 2.97. The number of carbonyl (C=O) groups excluding carboxylic acids is 2. The zero-order valence-electron chi connectivity index (χ0n) is 16.2. The fourth-order valence-electron chi connectivity index (χ4n) is 3.64. The predicted molar refractivity (Wildman–Crippen MR) is 106 cm³/mol. The number of alkyl carbamates (subject to hydrolysis) is 1. The van der Waals surface area contributed by atoms with Gasteiger partial charge in [-0.1, -0.05) is 36.4 Å². The smallest absolute Gasteiger partial charge is 0.408 e. The second-order valence-corrected chi connectivity index (χ2v) is 7.10. The first-order chi connectivity index (χ1) is 14.1. The average Bonchev–Trinajstić information content (AvgIpc) is 3.39. The van der Waals surface area contributed by atoms with Crippen LogP contribution in [0.2, 0.25) is 0 Å². The molecule has 1 aromatic carbocycles. The summed E-state index contributed by atoms with van der Waals surface area (Å²) in [4.78, 5) is 26.9. The van der Waals surface area contributed by atoms with Gasteiger partial charge in [-0.05, 0) is 37.5 Å². The van der Waals surface area contributed by atoms with Crippen molar-refractivity contribution in [3.8, 4) is 0 Å². The van der Waals surface area contributed by atoms with E-state index in [1.165, 1.54) is 0 Å². The Morgan fingerprint density at radius 2 is 1.97 bits per heavy atom. The van der Waals surface area contributed by atoms with E-state index in [1.807, 2.05) is 59.1 Å². The number of hydrogen-bond acceptors (Lipinski definition) is 5. The quantitative estimate of drug-likeness (QED) is 0.720. The van der Waals surface area contributed by atoms with E-state index in [9.17, 15) is 9.59 Å². The van der Waals surface area contributed by atoms with Crippen molar-refractivity contribution in [2.75, 3.05) is 6.54 Å². The number of nitrogens with zero attached hydrogens (tertiary/aromatic N) is 4. The van der Waals surface area contributed by atoms with Crippen LogP contribution in [-0.4, -0.2) is 44.1 Å². The van der Waals surface area contributed by atoms with Gasteiger partial charge in [0, 0.05) is 12.7 Å². The molecular formula is C21H23N5O3. The van der Waals surface area contributed by atoms with Crippen LogP contribution in [0.4, 0.5) is 4.79 Å². The first-order valence-electron chi connectivity index (χ1n) is 9.71. The summed E-state index contributed by atoms with van der Waals surface area (Å²) in [6, 6.07) is 14.2. The third-order valence-corrected chi connectivity index (χ3v) is 5.09. The van der Waals surface area contributed by atoms with Crippen molar-refractivity contribution in [1.29, 1.82) is 0 Å². The molecule has 2 aromatic heterocycles. The molecule has 29 heavy (non-hydrogen) atoms. The number of ether oxygens (including phenoxy) is 1. The van der Waals surface area contributed by atoms with Crippen LogP contribution in [-0.2, 0) is 16.1 Å². The largest absolute Gasteiger partial charge is 0.445 e. The van der Waals surface area contributed by atoms with Crippen LogP contribution in [0.3, 0.4) is 0 Å². The minimum absolute atomic E-state index is 0.156. The number of fused-ring (bicyclic) bond motifs is 1. The Balaban J connectivity index is 1.39. The van der Waals surface area contributed by atoms with E-state index >= 15 is 0 Å². The minimum Gasteiger partial charge on any atom is -0.445 e. The molecule has 4 rings (SSSR count). The molecule has 0 bridgehead atoms. The molecule has 3 aromatic rings. The Morgan fingerprint density at radius 3 is 2.79 bits per heavy atom. The highest BCUT2D eigenvalue weighted by Crippen LogP contribution is 2.31. The van der Waals surface area contributed by atoms with Crippen molar-refractivity contribution in [3.05, 3.63) is 66.1 Å². The molecule has 0 saturated carbocycles. The van der Waals surface area contributed by atoms with E-state index in [-0.39, 0.29) is 18.6 Å². The number of pyridine rings is 1. The van der Waals surface area contributed by atoms with Gasteiger partial charge in [0.15, 0.2) is 11.5 Å². The fraction of sp³-hybridized carbons (Fsp3) is 0.333. The number of likely N-dealkylation sites (tertiary alicyclic amines) is 1. The number of carbonyl (C=O) groups is 2. The lowest BCUT2D eigenvalue weighted by Crippen LogP contribution is -2.47. The fourth-order valence-corrected chi connectivity index (χ4v) is 3.64. The number of nitrogens with one attached hydrogen (secondary N) is 1. The van der Waals surface area contributed by atoms with Gasteiger partial charge in [0.05, 0.1) is 6.04 Å². The highest BCUT2D eigenvalue weighted by atomic mass is 16.5. The van der Waals surface area contributed by atoms with Crippen LogP contribution in [0.15, 0.2) is 54.7 Å². The number of hydrogen-bond donors (Lipinski definition) is 1. The highest BCUT2D eigenvalue weighted by Gasteiger charge is 2.35. The molecule has 1 aliphatic rings. The average molecular weight is 393 g/mol. The van der Waals surface area contributed by atoms with Crippen molar-refractivity contribution in [1.82, 2.24) is 24.8 Å². The Bertz CT molecular complexity index is 1000. The Labute approximate surface area is 168 Å². The molecule has 1 N–H and O–H groups in total. The van der Waals surface area contributed by atoms with E-state index in [0.29, 0.717) is 6.54 Å². The predicted octanol–water partition coefficient (Wildman–Crippen LogP) is 2.71. The van der Waals surface area contributed by atoms with Gasteiger partial charge >= 0.3 is 6.09 Å². The Morgan fingerprint density at radius 1 is 1.17 bits per heavy atom. The zero-order valence-corrected chi connectivity index (χ0v) is 16.2. The Kier molecular flexibility index (Phi) is 5.41. The standard InChI is InChI=1S/C21H23N5O3/c1-15(22-21(28)29-14-16-8-3-2-4-9-16)20(27)25-13-7-10-17(25)19-24-23-18-11-5-6-12-26(18)19/h2-6,8-9,11-12,15,17H,7,10,13-14H2,1H3,(H,22,28)/t15-,17+/m0/s1. The first kappa shape index (κ1) is 18.9. The second-order valence-electron chi connectivity index (χ2n) is 7.10. The summed E-state index contributed by atoms with van der Waals surface area (Å²) in [5, 5.41) is 11.1. The maximum absolute atomic E-state index is 13.0. The van der Waals surface area contributed by atoms with Crippen molar-refractivity contribution in [2.24, 2.45) is 0 Å².